The number of hydrogen-bond acceptors (Lipinski definition) is 5. The van der Waals surface area contributed by atoms with Crippen LogP contribution in [0.25, 0.3) is 0 Å². The maximum absolute atomic E-state index is 11.1. The third kappa shape index (κ3) is 5.08. The van der Waals surface area contributed by atoms with Gasteiger partial charge in [-0.15, -0.1) is 0 Å². The maximum atomic E-state index is 11.1. The van der Waals surface area contributed by atoms with Crippen LogP contribution in [-0.2, 0) is 9.59 Å². The molecule has 0 aliphatic rings. The summed E-state index contributed by atoms with van der Waals surface area (Å²) in [5.41, 5.74) is 9.38. The number of primary amides is 2. The van der Waals surface area contributed by atoms with E-state index in [9.17, 15) is 24.5 Å². The lowest BCUT2D eigenvalue weighted by molar-refractivity contribution is -0.385. The molecule has 23 heavy (non-hydrogen) atoms. The zero-order valence-electron chi connectivity index (χ0n) is 11.7. The number of nitrogens with two attached hydrogens (primary N) is 2. The van der Waals surface area contributed by atoms with E-state index in [1.54, 1.807) is 0 Å². The first-order valence-corrected chi connectivity index (χ1v) is 6.19. The minimum absolute atomic E-state index is 0.0232. The number of carboxylic acids is 1. The molecule has 0 aromatic heterocycles. The third-order valence-electron chi connectivity index (χ3n) is 2.77. The lowest BCUT2D eigenvalue weighted by Gasteiger charge is -2.10. The highest BCUT2D eigenvalue weighted by atomic mass is 16.6. The van der Waals surface area contributed by atoms with Gasteiger partial charge in [0.05, 0.1) is 10.5 Å². The average Bonchev–Trinajstić information content (AvgIpc) is 2.46. The van der Waals surface area contributed by atoms with Crippen LogP contribution in [0.5, 0.6) is 0 Å². The number of benzene rings is 1. The second kappa shape index (κ2) is 7.50. The molecule has 1 aromatic carbocycles. The van der Waals surface area contributed by atoms with Gasteiger partial charge >= 0.3 is 5.97 Å². The molecule has 0 fully saturated rings. The molecule has 0 bridgehead atoms. The SMILES string of the molecule is NC(=O)/C=C/C(/C=C/C(N)=O)c1cc(C(=O)O)ccc1[N+](=O)[O-]. The number of nitro benzene ring substituents is 1. The van der Waals surface area contributed by atoms with Crippen LogP contribution >= 0.6 is 0 Å². The van der Waals surface area contributed by atoms with Crippen LogP contribution < -0.4 is 11.5 Å². The van der Waals surface area contributed by atoms with Gasteiger partial charge in [0.1, 0.15) is 0 Å². The molecule has 0 heterocycles. The largest absolute Gasteiger partial charge is 0.478 e. The Kier molecular flexibility index (Phi) is 5.73. The summed E-state index contributed by atoms with van der Waals surface area (Å²) in [6.07, 6.45) is 4.31. The van der Waals surface area contributed by atoms with Gasteiger partial charge in [0, 0.05) is 17.5 Å². The molecular weight excluding hydrogens is 306 g/mol. The van der Waals surface area contributed by atoms with Crippen molar-refractivity contribution in [1.29, 1.82) is 0 Å². The Balaban J connectivity index is 3.50. The molecule has 0 unspecified atom stereocenters. The smallest absolute Gasteiger partial charge is 0.335 e. The number of carbonyl (C=O) groups excluding carboxylic acids is 2. The van der Waals surface area contributed by atoms with Gasteiger partial charge < -0.3 is 16.6 Å². The lowest BCUT2D eigenvalue weighted by Crippen LogP contribution is -2.09. The second-order valence-electron chi connectivity index (χ2n) is 4.38. The van der Waals surface area contributed by atoms with Gasteiger partial charge in [-0.05, 0) is 24.3 Å². The van der Waals surface area contributed by atoms with Crippen LogP contribution in [0.15, 0.2) is 42.5 Å². The van der Waals surface area contributed by atoms with Gasteiger partial charge in [-0.3, -0.25) is 19.7 Å². The molecule has 9 nitrogen and oxygen atoms in total. The Bertz CT molecular complexity index is 699. The average molecular weight is 319 g/mol. The van der Waals surface area contributed by atoms with Crippen LogP contribution in [0.2, 0.25) is 0 Å². The third-order valence-corrected chi connectivity index (χ3v) is 2.77. The molecule has 5 N–H and O–H groups in total. The molecular formula is C14H13N3O6. The standard InChI is InChI=1S/C14H13N3O6/c15-12(18)5-2-8(3-6-13(16)19)10-7-9(14(20)21)1-4-11(10)17(22)23/h1-8H,(H2,15,18)(H2,16,19)(H,20,21)/b5-2+,6-3+. The fourth-order valence-electron chi connectivity index (χ4n) is 1.79. The number of rotatable bonds is 7. The fourth-order valence-corrected chi connectivity index (χ4v) is 1.79. The van der Waals surface area contributed by atoms with Crippen LogP contribution in [0.4, 0.5) is 5.69 Å². The van der Waals surface area contributed by atoms with E-state index in [1.807, 2.05) is 0 Å². The quantitative estimate of drug-likeness (QED) is 0.375. The maximum Gasteiger partial charge on any atom is 0.335 e. The lowest BCUT2D eigenvalue weighted by atomic mass is 9.94. The topological polar surface area (TPSA) is 167 Å². The summed E-state index contributed by atoms with van der Waals surface area (Å²) >= 11 is 0. The highest BCUT2D eigenvalue weighted by Gasteiger charge is 2.21. The van der Waals surface area contributed by atoms with E-state index >= 15 is 0 Å². The monoisotopic (exact) mass is 319 g/mol. The Morgan fingerprint density at radius 1 is 1.13 bits per heavy atom. The molecule has 0 saturated heterocycles. The predicted octanol–water partition coefficient (Wildman–Crippen LogP) is 0.460. The molecule has 0 radical (unpaired) electrons. The number of nitrogens with zero attached hydrogens (tertiary/aromatic N) is 1. The van der Waals surface area contributed by atoms with Crippen molar-refractivity contribution >= 4 is 23.5 Å². The van der Waals surface area contributed by atoms with Gasteiger partial charge in [0.2, 0.25) is 11.8 Å². The second-order valence-corrected chi connectivity index (χ2v) is 4.38. The molecule has 1 rings (SSSR count). The molecule has 0 saturated carbocycles. The Labute approximate surface area is 130 Å². The summed E-state index contributed by atoms with van der Waals surface area (Å²) in [5.74, 6) is -3.83. The normalized spacial score (nSPS) is 11.2. The predicted molar refractivity (Wildman–Crippen MR) is 79.5 cm³/mol. The molecule has 0 atom stereocenters. The summed E-state index contributed by atoms with van der Waals surface area (Å²) in [6, 6.07) is 3.19. The number of allylic oxidation sites excluding steroid dienone is 2. The summed E-state index contributed by atoms with van der Waals surface area (Å²) in [4.78, 5) is 43.2. The van der Waals surface area contributed by atoms with E-state index in [2.05, 4.69) is 0 Å². The van der Waals surface area contributed by atoms with Gasteiger partial charge in [0.15, 0.2) is 0 Å². The van der Waals surface area contributed by atoms with Crippen LogP contribution in [-0.4, -0.2) is 27.8 Å². The first kappa shape index (κ1) is 17.6. The van der Waals surface area contributed by atoms with Crippen LogP contribution in [0.3, 0.4) is 0 Å². The first-order chi connectivity index (χ1) is 10.7. The molecule has 0 aliphatic carbocycles. The van der Waals surface area contributed by atoms with Crippen molar-refractivity contribution in [3.05, 3.63) is 63.7 Å². The van der Waals surface area contributed by atoms with Crippen molar-refractivity contribution in [2.45, 2.75) is 5.92 Å². The number of nitro groups is 1. The number of amides is 2. The Morgan fingerprint density at radius 3 is 2.04 bits per heavy atom. The highest BCUT2D eigenvalue weighted by Crippen LogP contribution is 2.30. The van der Waals surface area contributed by atoms with Crippen LogP contribution in [0, 0.1) is 10.1 Å². The van der Waals surface area contributed by atoms with Crippen molar-refractivity contribution in [3.63, 3.8) is 0 Å². The minimum atomic E-state index is -1.28. The summed E-state index contributed by atoms with van der Waals surface area (Å²) in [7, 11) is 0. The van der Waals surface area contributed by atoms with Crippen molar-refractivity contribution in [2.75, 3.05) is 0 Å². The van der Waals surface area contributed by atoms with Gasteiger partial charge in [-0.2, -0.15) is 0 Å². The van der Waals surface area contributed by atoms with E-state index in [0.29, 0.717) is 0 Å². The summed E-state index contributed by atoms with van der Waals surface area (Å²) < 4.78 is 0. The fraction of sp³-hybridized carbons (Fsp3) is 0.0714. The van der Waals surface area contributed by atoms with E-state index in [-0.39, 0.29) is 16.8 Å². The molecule has 9 heteroatoms. The molecule has 2 amide bonds. The number of hydrogen-bond donors (Lipinski definition) is 3. The van der Waals surface area contributed by atoms with Crippen molar-refractivity contribution in [1.82, 2.24) is 0 Å². The Morgan fingerprint density at radius 2 is 1.65 bits per heavy atom. The number of aromatic carboxylic acids is 1. The zero-order valence-corrected chi connectivity index (χ0v) is 11.7. The van der Waals surface area contributed by atoms with E-state index in [0.717, 1.165) is 30.4 Å². The van der Waals surface area contributed by atoms with Crippen molar-refractivity contribution in [3.8, 4) is 0 Å². The summed E-state index contributed by atoms with van der Waals surface area (Å²) in [5, 5.41) is 20.1. The minimum Gasteiger partial charge on any atom is -0.478 e. The van der Waals surface area contributed by atoms with E-state index in [4.69, 9.17) is 16.6 Å². The number of carbonyl (C=O) groups is 3. The molecule has 0 aliphatic heterocycles. The van der Waals surface area contributed by atoms with E-state index < -0.39 is 28.6 Å². The van der Waals surface area contributed by atoms with Crippen LogP contribution in [0.1, 0.15) is 21.8 Å². The summed E-state index contributed by atoms with van der Waals surface area (Å²) in [6.45, 7) is 0. The van der Waals surface area contributed by atoms with Gasteiger partial charge in [0.25, 0.3) is 5.69 Å². The molecule has 120 valence electrons. The van der Waals surface area contributed by atoms with Gasteiger partial charge in [-0.1, -0.05) is 12.2 Å². The van der Waals surface area contributed by atoms with E-state index in [1.165, 1.54) is 12.2 Å². The zero-order chi connectivity index (χ0) is 17.6. The first-order valence-electron chi connectivity index (χ1n) is 6.19. The Hall–Kier alpha value is -3.49. The molecule has 0 spiro atoms. The highest BCUT2D eigenvalue weighted by molar-refractivity contribution is 5.89. The van der Waals surface area contributed by atoms with Gasteiger partial charge in [-0.25, -0.2) is 4.79 Å². The molecule has 1 aromatic rings. The number of carboxylic acid groups (broad SMARTS) is 1. The van der Waals surface area contributed by atoms with Crippen molar-refractivity contribution in [2.24, 2.45) is 11.5 Å². The van der Waals surface area contributed by atoms with Crippen molar-refractivity contribution < 1.29 is 24.4 Å².